The summed E-state index contributed by atoms with van der Waals surface area (Å²) in [5, 5.41) is 0. The standard InChI is InChI=1S/C13H18N2O2S/c1-8(2)9(3)13-14-10-6-5-7-11(12(10)15-13)18(4,16)17/h5-9H,1-4H3,(H,14,15). The summed E-state index contributed by atoms with van der Waals surface area (Å²) >= 11 is 0. The average molecular weight is 266 g/mol. The van der Waals surface area contributed by atoms with Gasteiger partial charge in [-0.3, -0.25) is 0 Å². The summed E-state index contributed by atoms with van der Waals surface area (Å²) in [6.45, 7) is 6.33. The largest absolute Gasteiger partial charge is 0.342 e. The molecule has 1 atom stereocenters. The molecule has 0 aliphatic heterocycles. The first-order valence-corrected chi connectivity index (χ1v) is 7.88. The Hall–Kier alpha value is -1.36. The monoisotopic (exact) mass is 266 g/mol. The zero-order valence-corrected chi connectivity index (χ0v) is 11.9. The lowest BCUT2D eigenvalue weighted by Gasteiger charge is -2.11. The van der Waals surface area contributed by atoms with Gasteiger partial charge in [-0.1, -0.05) is 26.8 Å². The van der Waals surface area contributed by atoms with Gasteiger partial charge in [0.15, 0.2) is 9.84 Å². The molecule has 0 amide bonds. The van der Waals surface area contributed by atoms with Crippen molar-refractivity contribution in [2.45, 2.75) is 31.6 Å². The molecule has 2 aromatic rings. The normalized spacial score (nSPS) is 14.3. The zero-order valence-electron chi connectivity index (χ0n) is 11.1. The van der Waals surface area contributed by atoms with Crippen LogP contribution in [0.1, 0.15) is 32.5 Å². The molecular weight excluding hydrogens is 248 g/mol. The van der Waals surface area contributed by atoms with Crippen molar-refractivity contribution in [1.29, 1.82) is 0 Å². The van der Waals surface area contributed by atoms with Crippen molar-refractivity contribution in [2.24, 2.45) is 5.92 Å². The Morgan fingerprint density at radius 1 is 1.22 bits per heavy atom. The van der Waals surface area contributed by atoms with Crippen LogP contribution < -0.4 is 0 Å². The molecule has 2 rings (SSSR count). The Balaban J connectivity index is 2.66. The number of aromatic amines is 1. The Kier molecular flexibility index (Phi) is 3.19. The maximum Gasteiger partial charge on any atom is 0.177 e. The van der Waals surface area contributed by atoms with Gasteiger partial charge in [-0.15, -0.1) is 0 Å². The van der Waals surface area contributed by atoms with Gasteiger partial charge in [0.25, 0.3) is 0 Å². The quantitative estimate of drug-likeness (QED) is 0.929. The summed E-state index contributed by atoms with van der Waals surface area (Å²) in [6, 6.07) is 5.19. The minimum atomic E-state index is -3.24. The second-order valence-electron chi connectivity index (χ2n) is 5.08. The number of rotatable bonds is 3. The maximum atomic E-state index is 11.7. The van der Waals surface area contributed by atoms with E-state index in [-0.39, 0.29) is 5.92 Å². The van der Waals surface area contributed by atoms with Crippen molar-refractivity contribution in [3.63, 3.8) is 0 Å². The molecule has 0 saturated heterocycles. The Morgan fingerprint density at radius 3 is 2.44 bits per heavy atom. The van der Waals surface area contributed by atoms with Crippen molar-refractivity contribution in [2.75, 3.05) is 6.26 Å². The third-order valence-corrected chi connectivity index (χ3v) is 4.45. The molecule has 18 heavy (non-hydrogen) atoms. The third-order valence-electron chi connectivity index (χ3n) is 3.32. The Labute approximate surface area is 107 Å². The maximum absolute atomic E-state index is 11.7. The molecule has 5 heteroatoms. The molecule has 0 saturated carbocycles. The molecule has 1 aromatic carbocycles. The second-order valence-corrected chi connectivity index (χ2v) is 7.06. The molecule has 0 aliphatic carbocycles. The molecule has 1 unspecified atom stereocenters. The Bertz CT molecular complexity index is 671. The van der Waals surface area contributed by atoms with Crippen LogP contribution in [0.4, 0.5) is 0 Å². The molecule has 98 valence electrons. The van der Waals surface area contributed by atoms with Crippen LogP contribution in [0, 0.1) is 5.92 Å². The van der Waals surface area contributed by atoms with E-state index < -0.39 is 9.84 Å². The van der Waals surface area contributed by atoms with E-state index in [4.69, 9.17) is 0 Å². The predicted molar refractivity (Wildman–Crippen MR) is 72.5 cm³/mol. The van der Waals surface area contributed by atoms with E-state index in [9.17, 15) is 8.42 Å². The molecule has 1 heterocycles. The number of fused-ring (bicyclic) bond motifs is 1. The van der Waals surface area contributed by atoms with E-state index in [0.717, 1.165) is 11.3 Å². The minimum absolute atomic E-state index is 0.268. The van der Waals surface area contributed by atoms with Crippen LogP contribution in [0.25, 0.3) is 11.0 Å². The molecule has 4 nitrogen and oxygen atoms in total. The van der Waals surface area contributed by atoms with E-state index in [2.05, 4.69) is 30.7 Å². The van der Waals surface area contributed by atoms with Gasteiger partial charge in [0.05, 0.1) is 10.4 Å². The number of H-pyrrole nitrogens is 1. The molecule has 0 aliphatic rings. The number of imidazole rings is 1. The van der Waals surface area contributed by atoms with Crippen LogP contribution in [-0.4, -0.2) is 24.6 Å². The number of benzene rings is 1. The SMILES string of the molecule is CC(C)C(C)c1nc2c(S(C)(=O)=O)cccc2[nH]1. The predicted octanol–water partition coefficient (Wildman–Crippen LogP) is 2.73. The van der Waals surface area contributed by atoms with Crippen LogP contribution in [0.5, 0.6) is 0 Å². The number of hydrogen-bond acceptors (Lipinski definition) is 3. The summed E-state index contributed by atoms with van der Waals surface area (Å²) in [5.74, 6) is 1.56. The number of nitrogens with one attached hydrogen (secondary N) is 1. The van der Waals surface area contributed by atoms with Gasteiger partial charge in [0.1, 0.15) is 11.3 Å². The van der Waals surface area contributed by atoms with Crippen molar-refractivity contribution in [3.8, 4) is 0 Å². The fourth-order valence-corrected chi connectivity index (χ4v) is 2.69. The third kappa shape index (κ3) is 2.27. The van der Waals surface area contributed by atoms with Crippen molar-refractivity contribution >= 4 is 20.9 Å². The van der Waals surface area contributed by atoms with Gasteiger partial charge in [-0.2, -0.15) is 0 Å². The lowest BCUT2D eigenvalue weighted by Crippen LogP contribution is -2.03. The number of nitrogens with zero attached hydrogens (tertiary/aromatic N) is 1. The van der Waals surface area contributed by atoms with Gasteiger partial charge >= 0.3 is 0 Å². The fraction of sp³-hybridized carbons (Fsp3) is 0.462. The van der Waals surface area contributed by atoms with Crippen LogP contribution in [0.15, 0.2) is 23.1 Å². The van der Waals surface area contributed by atoms with E-state index in [1.165, 1.54) is 6.26 Å². The van der Waals surface area contributed by atoms with Crippen LogP contribution in [0.3, 0.4) is 0 Å². The molecule has 0 spiro atoms. The minimum Gasteiger partial charge on any atom is -0.342 e. The summed E-state index contributed by atoms with van der Waals surface area (Å²) < 4.78 is 23.4. The highest BCUT2D eigenvalue weighted by Crippen LogP contribution is 2.26. The van der Waals surface area contributed by atoms with Gasteiger partial charge in [0, 0.05) is 12.2 Å². The summed E-state index contributed by atoms with van der Waals surface area (Å²) in [5.41, 5.74) is 1.32. The fourth-order valence-electron chi connectivity index (χ4n) is 1.86. The van der Waals surface area contributed by atoms with Crippen molar-refractivity contribution in [3.05, 3.63) is 24.0 Å². The van der Waals surface area contributed by atoms with Gasteiger partial charge in [-0.05, 0) is 18.1 Å². The Morgan fingerprint density at radius 2 is 1.89 bits per heavy atom. The van der Waals surface area contributed by atoms with Crippen molar-refractivity contribution < 1.29 is 8.42 Å². The second kappa shape index (κ2) is 4.39. The molecule has 0 radical (unpaired) electrons. The van der Waals surface area contributed by atoms with Crippen LogP contribution >= 0.6 is 0 Å². The number of sulfone groups is 1. The molecule has 1 N–H and O–H groups in total. The number of para-hydroxylation sites is 1. The smallest absolute Gasteiger partial charge is 0.177 e. The lowest BCUT2D eigenvalue weighted by molar-refractivity contribution is 0.515. The summed E-state index contributed by atoms with van der Waals surface area (Å²) in [7, 11) is -3.24. The summed E-state index contributed by atoms with van der Waals surface area (Å²) in [6.07, 6.45) is 1.21. The summed E-state index contributed by atoms with van der Waals surface area (Å²) in [4.78, 5) is 7.97. The van der Waals surface area contributed by atoms with E-state index in [1.54, 1.807) is 12.1 Å². The first kappa shape index (κ1) is 13.1. The van der Waals surface area contributed by atoms with Gasteiger partial charge in [0.2, 0.25) is 0 Å². The number of hydrogen-bond donors (Lipinski definition) is 1. The van der Waals surface area contributed by atoms with Crippen molar-refractivity contribution in [1.82, 2.24) is 9.97 Å². The molecule has 0 fully saturated rings. The van der Waals surface area contributed by atoms with Gasteiger partial charge in [-0.25, -0.2) is 13.4 Å². The average Bonchev–Trinajstić information content (AvgIpc) is 2.69. The van der Waals surface area contributed by atoms with E-state index in [0.29, 0.717) is 16.3 Å². The van der Waals surface area contributed by atoms with Gasteiger partial charge < -0.3 is 4.98 Å². The molecule has 0 bridgehead atoms. The molecular formula is C13H18N2O2S. The highest BCUT2D eigenvalue weighted by Gasteiger charge is 2.18. The van der Waals surface area contributed by atoms with Crippen LogP contribution in [0.2, 0.25) is 0 Å². The highest BCUT2D eigenvalue weighted by atomic mass is 32.2. The highest BCUT2D eigenvalue weighted by molar-refractivity contribution is 7.91. The number of aromatic nitrogens is 2. The van der Waals surface area contributed by atoms with Crippen LogP contribution in [-0.2, 0) is 9.84 Å². The first-order valence-electron chi connectivity index (χ1n) is 5.99. The zero-order chi connectivity index (χ0) is 13.5. The van der Waals surface area contributed by atoms with E-state index >= 15 is 0 Å². The first-order chi connectivity index (χ1) is 8.30. The lowest BCUT2D eigenvalue weighted by atomic mass is 9.98. The topological polar surface area (TPSA) is 62.8 Å². The molecule has 1 aromatic heterocycles. The van der Waals surface area contributed by atoms with E-state index in [1.807, 2.05) is 6.07 Å².